The fourth-order valence-electron chi connectivity index (χ4n) is 1.92. The lowest BCUT2D eigenvalue weighted by atomic mass is 10.0. The summed E-state index contributed by atoms with van der Waals surface area (Å²) in [5, 5.41) is 2.97. The van der Waals surface area contributed by atoms with Crippen LogP contribution in [0.15, 0.2) is 18.2 Å². The molecule has 1 rings (SSSR count). The van der Waals surface area contributed by atoms with Gasteiger partial charge in [-0.3, -0.25) is 4.79 Å². The van der Waals surface area contributed by atoms with Crippen molar-refractivity contribution in [1.82, 2.24) is 0 Å². The number of rotatable bonds is 6. The number of anilines is 1. The second kappa shape index (κ2) is 7.17. The molecule has 1 unspecified atom stereocenters. The van der Waals surface area contributed by atoms with Gasteiger partial charge in [0.25, 0.3) is 0 Å². The van der Waals surface area contributed by atoms with Gasteiger partial charge in [-0.1, -0.05) is 25.5 Å². The van der Waals surface area contributed by atoms with Crippen molar-refractivity contribution < 1.29 is 4.79 Å². The third kappa shape index (κ3) is 4.15. The van der Waals surface area contributed by atoms with Crippen molar-refractivity contribution in [2.75, 3.05) is 11.9 Å². The second-order valence-electron chi connectivity index (χ2n) is 4.84. The molecule has 0 spiro atoms. The van der Waals surface area contributed by atoms with Crippen LogP contribution in [0.4, 0.5) is 5.69 Å². The highest BCUT2D eigenvalue weighted by Crippen LogP contribution is 2.18. The molecule has 0 aliphatic carbocycles. The van der Waals surface area contributed by atoms with E-state index in [1.54, 1.807) is 0 Å². The van der Waals surface area contributed by atoms with Gasteiger partial charge in [0.2, 0.25) is 5.91 Å². The van der Waals surface area contributed by atoms with E-state index in [1.807, 2.05) is 32.0 Å². The molecule has 1 aromatic rings. The first kappa shape index (κ1) is 14.7. The Labute approximate surface area is 110 Å². The largest absolute Gasteiger partial charge is 0.330 e. The van der Waals surface area contributed by atoms with Crippen molar-refractivity contribution in [3.8, 4) is 0 Å². The molecule has 1 atom stereocenters. The topological polar surface area (TPSA) is 55.1 Å². The third-order valence-corrected chi connectivity index (χ3v) is 3.57. The first-order chi connectivity index (χ1) is 8.58. The molecular formula is C15H24N2O. The standard InChI is InChI=1S/C15H24N2O/c1-4-13(10-16)8-9-15(18)17-14-7-5-6-11(2)12(14)3/h5-7,13H,4,8-10,16H2,1-3H3,(H,17,18). The van der Waals surface area contributed by atoms with Crippen LogP contribution in [0.25, 0.3) is 0 Å². The highest BCUT2D eigenvalue weighted by molar-refractivity contribution is 5.91. The van der Waals surface area contributed by atoms with Crippen LogP contribution < -0.4 is 11.1 Å². The van der Waals surface area contributed by atoms with E-state index in [-0.39, 0.29) is 5.91 Å². The maximum atomic E-state index is 11.9. The molecule has 100 valence electrons. The van der Waals surface area contributed by atoms with Crippen molar-refractivity contribution >= 4 is 11.6 Å². The molecule has 18 heavy (non-hydrogen) atoms. The summed E-state index contributed by atoms with van der Waals surface area (Å²) >= 11 is 0. The fraction of sp³-hybridized carbons (Fsp3) is 0.533. The molecule has 3 heteroatoms. The van der Waals surface area contributed by atoms with Gasteiger partial charge in [0, 0.05) is 12.1 Å². The van der Waals surface area contributed by atoms with Crippen LogP contribution >= 0.6 is 0 Å². The van der Waals surface area contributed by atoms with E-state index in [9.17, 15) is 4.79 Å². The van der Waals surface area contributed by atoms with Gasteiger partial charge in [-0.25, -0.2) is 0 Å². The Morgan fingerprint density at radius 3 is 2.72 bits per heavy atom. The molecule has 3 nitrogen and oxygen atoms in total. The van der Waals surface area contributed by atoms with Gasteiger partial charge in [0.05, 0.1) is 0 Å². The Kier molecular flexibility index (Phi) is 5.86. The number of nitrogens with one attached hydrogen (secondary N) is 1. The zero-order chi connectivity index (χ0) is 13.5. The summed E-state index contributed by atoms with van der Waals surface area (Å²) in [6, 6.07) is 5.96. The number of nitrogens with two attached hydrogens (primary N) is 1. The summed E-state index contributed by atoms with van der Waals surface area (Å²) in [6.45, 7) is 6.85. The highest BCUT2D eigenvalue weighted by Gasteiger charge is 2.09. The summed E-state index contributed by atoms with van der Waals surface area (Å²) in [7, 11) is 0. The minimum atomic E-state index is 0.0793. The summed E-state index contributed by atoms with van der Waals surface area (Å²) in [4.78, 5) is 11.9. The minimum Gasteiger partial charge on any atom is -0.330 e. The third-order valence-electron chi connectivity index (χ3n) is 3.57. The molecule has 0 aliphatic rings. The Morgan fingerprint density at radius 1 is 1.39 bits per heavy atom. The lowest BCUT2D eigenvalue weighted by molar-refractivity contribution is -0.116. The summed E-state index contributed by atoms with van der Waals surface area (Å²) in [6.07, 6.45) is 2.44. The molecule has 1 amide bonds. The first-order valence-electron chi connectivity index (χ1n) is 6.64. The number of amides is 1. The van der Waals surface area contributed by atoms with E-state index in [1.165, 1.54) is 5.56 Å². The van der Waals surface area contributed by atoms with Crippen molar-refractivity contribution in [3.05, 3.63) is 29.3 Å². The van der Waals surface area contributed by atoms with Gasteiger partial charge >= 0.3 is 0 Å². The van der Waals surface area contributed by atoms with Crippen LogP contribution in [-0.4, -0.2) is 12.5 Å². The number of carbonyl (C=O) groups is 1. The zero-order valence-corrected chi connectivity index (χ0v) is 11.6. The van der Waals surface area contributed by atoms with Crippen LogP contribution in [0, 0.1) is 19.8 Å². The van der Waals surface area contributed by atoms with Gasteiger partial charge in [-0.05, 0) is 49.9 Å². The highest BCUT2D eigenvalue weighted by atomic mass is 16.1. The number of hydrogen-bond donors (Lipinski definition) is 2. The second-order valence-corrected chi connectivity index (χ2v) is 4.84. The minimum absolute atomic E-state index is 0.0793. The normalized spacial score (nSPS) is 12.2. The molecule has 0 aliphatic heterocycles. The molecule has 0 radical (unpaired) electrons. The van der Waals surface area contributed by atoms with Crippen LogP contribution in [0.3, 0.4) is 0 Å². The molecule has 0 saturated heterocycles. The van der Waals surface area contributed by atoms with E-state index in [2.05, 4.69) is 12.2 Å². The lowest BCUT2D eigenvalue weighted by Crippen LogP contribution is -2.18. The molecule has 3 N–H and O–H groups in total. The molecule has 0 heterocycles. The average Bonchev–Trinajstić information content (AvgIpc) is 2.36. The first-order valence-corrected chi connectivity index (χ1v) is 6.64. The Bertz CT molecular complexity index is 397. The lowest BCUT2D eigenvalue weighted by Gasteiger charge is -2.13. The number of hydrogen-bond acceptors (Lipinski definition) is 2. The maximum Gasteiger partial charge on any atom is 0.224 e. The fourth-order valence-corrected chi connectivity index (χ4v) is 1.92. The molecule has 0 fully saturated rings. The number of carbonyl (C=O) groups excluding carboxylic acids is 1. The Morgan fingerprint density at radius 2 is 2.11 bits per heavy atom. The van der Waals surface area contributed by atoms with Crippen molar-refractivity contribution in [1.29, 1.82) is 0 Å². The van der Waals surface area contributed by atoms with Crippen molar-refractivity contribution in [2.24, 2.45) is 11.7 Å². The van der Waals surface area contributed by atoms with Crippen LogP contribution in [-0.2, 0) is 4.79 Å². The van der Waals surface area contributed by atoms with Gasteiger partial charge < -0.3 is 11.1 Å². The summed E-state index contributed by atoms with van der Waals surface area (Å²) in [5.74, 6) is 0.532. The molecular weight excluding hydrogens is 224 g/mol. The van der Waals surface area contributed by atoms with E-state index >= 15 is 0 Å². The summed E-state index contributed by atoms with van der Waals surface area (Å²) in [5.41, 5.74) is 8.88. The quantitative estimate of drug-likeness (QED) is 0.813. The van der Waals surface area contributed by atoms with Gasteiger partial charge in [-0.2, -0.15) is 0 Å². The smallest absolute Gasteiger partial charge is 0.224 e. The van der Waals surface area contributed by atoms with E-state index in [0.717, 1.165) is 24.1 Å². The van der Waals surface area contributed by atoms with E-state index in [4.69, 9.17) is 5.73 Å². The predicted molar refractivity (Wildman–Crippen MR) is 76.6 cm³/mol. The molecule has 0 aromatic heterocycles. The van der Waals surface area contributed by atoms with Gasteiger partial charge in [0.15, 0.2) is 0 Å². The van der Waals surface area contributed by atoms with E-state index < -0.39 is 0 Å². The monoisotopic (exact) mass is 248 g/mol. The van der Waals surface area contributed by atoms with Crippen molar-refractivity contribution in [3.63, 3.8) is 0 Å². The van der Waals surface area contributed by atoms with E-state index in [0.29, 0.717) is 18.9 Å². The van der Waals surface area contributed by atoms with Crippen LogP contribution in [0.1, 0.15) is 37.3 Å². The number of benzene rings is 1. The van der Waals surface area contributed by atoms with Gasteiger partial charge in [0.1, 0.15) is 0 Å². The van der Waals surface area contributed by atoms with Gasteiger partial charge in [-0.15, -0.1) is 0 Å². The van der Waals surface area contributed by atoms with Crippen LogP contribution in [0.5, 0.6) is 0 Å². The summed E-state index contributed by atoms with van der Waals surface area (Å²) < 4.78 is 0. The SMILES string of the molecule is CCC(CN)CCC(=O)Nc1cccc(C)c1C. The molecule has 0 bridgehead atoms. The maximum absolute atomic E-state index is 11.9. The predicted octanol–water partition coefficient (Wildman–Crippen LogP) is 3.01. The Hall–Kier alpha value is -1.35. The van der Waals surface area contributed by atoms with Crippen LogP contribution in [0.2, 0.25) is 0 Å². The Balaban J connectivity index is 2.52. The zero-order valence-electron chi connectivity index (χ0n) is 11.6. The average molecular weight is 248 g/mol. The molecule has 0 saturated carbocycles. The number of aryl methyl sites for hydroxylation is 1. The molecule has 1 aromatic carbocycles. The van der Waals surface area contributed by atoms with Crippen molar-refractivity contribution in [2.45, 2.75) is 40.0 Å².